The highest BCUT2D eigenvalue weighted by atomic mass is 16.6. The maximum atomic E-state index is 10.7. The van der Waals surface area contributed by atoms with Gasteiger partial charge in [-0.15, -0.1) is 0 Å². The van der Waals surface area contributed by atoms with Gasteiger partial charge in [0.15, 0.2) is 0 Å². The summed E-state index contributed by atoms with van der Waals surface area (Å²) < 4.78 is 4.14. The van der Waals surface area contributed by atoms with Crippen LogP contribution in [0.15, 0.2) is 0 Å². The molecule has 0 bridgehead atoms. The standard InChI is InChI=1S/C6H9NO3/c8-4-10-6(9)5-2-1-3-7-5/h4-5,7H,1-3H2. The molecule has 1 rings (SSSR count). The number of carbonyl (C=O) groups is 2. The molecule has 1 saturated heterocycles. The number of rotatable bonds is 2. The summed E-state index contributed by atoms with van der Waals surface area (Å²) in [5.74, 6) is -0.465. The zero-order chi connectivity index (χ0) is 7.40. The van der Waals surface area contributed by atoms with Crippen LogP contribution in [-0.4, -0.2) is 25.0 Å². The number of hydrogen-bond donors (Lipinski definition) is 1. The Hall–Kier alpha value is -0.900. The maximum Gasteiger partial charge on any atom is 0.330 e. The topological polar surface area (TPSA) is 55.4 Å². The van der Waals surface area contributed by atoms with Gasteiger partial charge in [0.25, 0.3) is 0 Å². The van der Waals surface area contributed by atoms with Gasteiger partial charge in [0.2, 0.25) is 0 Å². The quantitative estimate of drug-likeness (QED) is 0.320. The molecule has 4 heteroatoms. The van der Waals surface area contributed by atoms with Gasteiger partial charge in [-0.2, -0.15) is 0 Å². The minimum absolute atomic E-state index is 0.169. The second-order valence-electron chi connectivity index (χ2n) is 2.18. The van der Waals surface area contributed by atoms with Crippen molar-refractivity contribution >= 4 is 12.4 Å². The first-order valence-corrected chi connectivity index (χ1v) is 3.22. The van der Waals surface area contributed by atoms with Crippen molar-refractivity contribution in [2.75, 3.05) is 6.54 Å². The van der Waals surface area contributed by atoms with Gasteiger partial charge in [0.05, 0.1) is 0 Å². The fraction of sp³-hybridized carbons (Fsp3) is 0.667. The third kappa shape index (κ3) is 1.54. The molecule has 10 heavy (non-hydrogen) atoms. The number of hydrogen-bond acceptors (Lipinski definition) is 4. The zero-order valence-electron chi connectivity index (χ0n) is 5.50. The Morgan fingerprint density at radius 3 is 3.00 bits per heavy atom. The van der Waals surface area contributed by atoms with Crippen molar-refractivity contribution in [1.82, 2.24) is 5.32 Å². The molecule has 56 valence electrons. The number of esters is 1. The molecule has 1 fully saturated rings. The Kier molecular flexibility index (Phi) is 2.39. The van der Waals surface area contributed by atoms with E-state index in [-0.39, 0.29) is 12.5 Å². The molecular formula is C6H9NO3. The summed E-state index contributed by atoms with van der Waals surface area (Å²) in [5.41, 5.74) is 0. The molecule has 0 aromatic rings. The lowest BCUT2D eigenvalue weighted by Gasteiger charge is -2.03. The number of nitrogens with one attached hydrogen (secondary N) is 1. The highest BCUT2D eigenvalue weighted by Crippen LogP contribution is 2.05. The van der Waals surface area contributed by atoms with E-state index in [9.17, 15) is 9.59 Å². The van der Waals surface area contributed by atoms with Gasteiger partial charge in [-0.1, -0.05) is 0 Å². The minimum Gasteiger partial charge on any atom is -0.394 e. The molecule has 4 nitrogen and oxygen atoms in total. The molecule has 0 aromatic heterocycles. The van der Waals surface area contributed by atoms with Crippen molar-refractivity contribution in [1.29, 1.82) is 0 Å². The third-order valence-corrected chi connectivity index (χ3v) is 1.51. The van der Waals surface area contributed by atoms with E-state index in [0.29, 0.717) is 0 Å². The van der Waals surface area contributed by atoms with Crippen LogP contribution in [0.4, 0.5) is 0 Å². The van der Waals surface area contributed by atoms with E-state index in [0.717, 1.165) is 19.4 Å². The van der Waals surface area contributed by atoms with Crippen LogP contribution in [0.1, 0.15) is 12.8 Å². The molecule has 0 radical (unpaired) electrons. The van der Waals surface area contributed by atoms with Crippen LogP contribution in [-0.2, 0) is 14.3 Å². The SMILES string of the molecule is O=COC(=O)C1CCCN1. The Morgan fingerprint density at radius 2 is 2.50 bits per heavy atom. The summed E-state index contributed by atoms with van der Waals surface area (Å²) in [6.07, 6.45) is 1.74. The molecule has 1 unspecified atom stereocenters. The second-order valence-corrected chi connectivity index (χ2v) is 2.18. The minimum atomic E-state index is -0.465. The predicted octanol–water partition coefficient (Wildman–Crippen LogP) is -0.562. The van der Waals surface area contributed by atoms with Crippen LogP contribution >= 0.6 is 0 Å². The van der Waals surface area contributed by atoms with E-state index in [1.807, 2.05) is 0 Å². The number of ether oxygens (including phenoxy) is 1. The fourth-order valence-electron chi connectivity index (χ4n) is 1.02. The lowest BCUT2D eigenvalue weighted by molar-refractivity contribution is -0.152. The van der Waals surface area contributed by atoms with E-state index in [1.165, 1.54) is 0 Å². The van der Waals surface area contributed by atoms with Crippen LogP contribution in [0.2, 0.25) is 0 Å². The van der Waals surface area contributed by atoms with Crippen LogP contribution in [0, 0.1) is 0 Å². The maximum absolute atomic E-state index is 10.7. The van der Waals surface area contributed by atoms with Crippen LogP contribution < -0.4 is 5.32 Å². The molecule has 1 atom stereocenters. The van der Waals surface area contributed by atoms with Crippen LogP contribution in [0.25, 0.3) is 0 Å². The number of carbonyl (C=O) groups excluding carboxylic acids is 2. The van der Waals surface area contributed by atoms with Crippen molar-refractivity contribution in [2.24, 2.45) is 0 Å². The summed E-state index contributed by atoms with van der Waals surface area (Å²) >= 11 is 0. The Morgan fingerprint density at radius 1 is 1.70 bits per heavy atom. The fourth-order valence-corrected chi connectivity index (χ4v) is 1.02. The van der Waals surface area contributed by atoms with Crippen molar-refractivity contribution in [3.05, 3.63) is 0 Å². The van der Waals surface area contributed by atoms with Gasteiger partial charge in [-0.3, -0.25) is 4.79 Å². The first-order valence-electron chi connectivity index (χ1n) is 3.22. The zero-order valence-corrected chi connectivity index (χ0v) is 5.50. The first-order chi connectivity index (χ1) is 4.84. The van der Waals surface area contributed by atoms with Gasteiger partial charge in [0, 0.05) is 0 Å². The molecule has 0 aliphatic carbocycles. The van der Waals surface area contributed by atoms with Crippen molar-refractivity contribution in [3.63, 3.8) is 0 Å². The van der Waals surface area contributed by atoms with Crippen molar-refractivity contribution < 1.29 is 14.3 Å². The lowest BCUT2D eigenvalue weighted by atomic mass is 10.2. The van der Waals surface area contributed by atoms with Crippen molar-refractivity contribution in [3.8, 4) is 0 Å². The Bertz CT molecular complexity index is 140. The monoisotopic (exact) mass is 143 g/mol. The van der Waals surface area contributed by atoms with Crippen LogP contribution in [0.3, 0.4) is 0 Å². The van der Waals surface area contributed by atoms with E-state index in [1.54, 1.807) is 0 Å². The van der Waals surface area contributed by atoms with E-state index in [2.05, 4.69) is 10.1 Å². The van der Waals surface area contributed by atoms with Gasteiger partial charge in [0.1, 0.15) is 6.04 Å². The van der Waals surface area contributed by atoms with Gasteiger partial charge in [-0.05, 0) is 19.4 Å². The summed E-state index contributed by atoms with van der Waals surface area (Å²) in [5, 5.41) is 2.91. The molecule has 0 saturated carbocycles. The largest absolute Gasteiger partial charge is 0.394 e. The highest BCUT2D eigenvalue weighted by Gasteiger charge is 2.22. The lowest BCUT2D eigenvalue weighted by Crippen LogP contribution is -2.32. The summed E-state index contributed by atoms with van der Waals surface area (Å²) in [6.45, 7) is 1.00. The third-order valence-electron chi connectivity index (χ3n) is 1.51. The molecule has 1 heterocycles. The smallest absolute Gasteiger partial charge is 0.330 e. The summed E-state index contributed by atoms with van der Waals surface area (Å²) in [4.78, 5) is 20.4. The van der Waals surface area contributed by atoms with Crippen molar-refractivity contribution in [2.45, 2.75) is 18.9 Å². The summed E-state index contributed by atoms with van der Waals surface area (Å²) in [6, 6.07) is -0.259. The van der Waals surface area contributed by atoms with E-state index < -0.39 is 5.97 Å². The Balaban J connectivity index is 2.32. The van der Waals surface area contributed by atoms with Gasteiger partial charge in [-0.25, -0.2) is 4.79 Å². The average molecular weight is 143 g/mol. The van der Waals surface area contributed by atoms with Crippen LogP contribution in [0.5, 0.6) is 0 Å². The normalized spacial score (nSPS) is 24.2. The van der Waals surface area contributed by atoms with Gasteiger partial charge >= 0.3 is 12.4 Å². The van der Waals surface area contributed by atoms with E-state index in [4.69, 9.17) is 0 Å². The highest BCUT2D eigenvalue weighted by molar-refractivity contribution is 5.81. The molecule has 0 amide bonds. The predicted molar refractivity (Wildman–Crippen MR) is 33.2 cm³/mol. The average Bonchev–Trinajstić information content (AvgIpc) is 2.38. The molecule has 0 aromatic carbocycles. The Labute approximate surface area is 58.5 Å². The first kappa shape index (κ1) is 7.21. The molecule has 1 N–H and O–H groups in total. The molecule has 1 aliphatic heterocycles. The molecule has 0 spiro atoms. The molecular weight excluding hydrogens is 134 g/mol. The second kappa shape index (κ2) is 3.31. The van der Waals surface area contributed by atoms with E-state index >= 15 is 0 Å². The molecule has 1 aliphatic rings. The summed E-state index contributed by atoms with van der Waals surface area (Å²) in [7, 11) is 0. The van der Waals surface area contributed by atoms with Gasteiger partial charge < -0.3 is 10.1 Å².